The van der Waals surface area contributed by atoms with Crippen LogP contribution in [0.15, 0.2) is 54.2 Å². The van der Waals surface area contributed by atoms with Crippen molar-refractivity contribution in [2.24, 2.45) is 0 Å². The van der Waals surface area contributed by atoms with Crippen LogP contribution < -0.4 is 20.1 Å². The summed E-state index contributed by atoms with van der Waals surface area (Å²) in [6.07, 6.45) is 1.47. The number of hydrogen-bond acceptors (Lipinski definition) is 5. The molecule has 1 saturated heterocycles. The number of esters is 1. The maximum atomic E-state index is 12.2. The van der Waals surface area contributed by atoms with Crippen molar-refractivity contribution in [3.05, 3.63) is 65.4 Å². The van der Waals surface area contributed by atoms with E-state index in [-0.39, 0.29) is 11.4 Å². The molecular formula is C18H14N2O5. The van der Waals surface area contributed by atoms with Gasteiger partial charge < -0.3 is 14.8 Å². The van der Waals surface area contributed by atoms with E-state index in [0.717, 1.165) is 0 Å². The van der Waals surface area contributed by atoms with Crippen molar-refractivity contribution >= 4 is 24.0 Å². The lowest BCUT2D eigenvalue weighted by molar-refractivity contribution is -0.115. The molecule has 0 spiro atoms. The summed E-state index contributed by atoms with van der Waals surface area (Å²) in [6.45, 7) is 0. The third-order valence-electron chi connectivity index (χ3n) is 3.43. The van der Waals surface area contributed by atoms with Gasteiger partial charge in [0.1, 0.15) is 5.70 Å². The fourth-order valence-corrected chi connectivity index (χ4v) is 2.24. The molecule has 1 heterocycles. The molecule has 0 atom stereocenters. The monoisotopic (exact) mass is 338 g/mol. The van der Waals surface area contributed by atoms with E-state index in [4.69, 9.17) is 9.47 Å². The predicted molar refractivity (Wildman–Crippen MR) is 89.0 cm³/mol. The number of ether oxygens (including phenoxy) is 2. The maximum absolute atomic E-state index is 12.2. The van der Waals surface area contributed by atoms with E-state index in [1.807, 2.05) is 0 Å². The first-order valence-corrected chi connectivity index (χ1v) is 7.36. The highest BCUT2D eigenvalue weighted by atomic mass is 16.6. The van der Waals surface area contributed by atoms with Crippen LogP contribution in [0.25, 0.3) is 6.08 Å². The van der Waals surface area contributed by atoms with Crippen molar-refractivity contribution in [3.63, 3.8) is 0 Å². The first-order valence-electron chi connectivity index (χ1n) is 7.36. The summed E-state index contributed by atoms with van der Waals surface area (Å²) in [7, 11) is 1.46. The number of imide groups is 1. The number of rotatable bonds is 4. The number of amides is 3. The molecule has 3 rings (SSSR count). The molecule has 0 aromatic heterocycles. The van der Waals surface area contributed by atoms with Gasteiger partial charge in [0.2, 0.25) is 0 Å². The number of hydrogen-bond donors (Lipinski definition) is 2. The van der Waals surface area contributed by atoms with Gasteiger partial charge >= 0.3 is 12.0 Å². The average molecular weight is 338 g/mol. The highest BCUT2D eigenvalue weighted by Gasteiger charge is 2.23. The van der Waals surface area contributed by atoms with Gasteiger partial charge in [0.05, 0.1) is 12.7 Å². The Morgan fingerprint density at radius 2 is 1.76 bits per heavy atom. The topological polar surface area (TPSA) is 93.7 Å². The Morgan fingerprint density at radius 3 is 2.40 bits per heavy atom. The molecule has 3 amide bonds. The molecule has 2 aromatic rings. The van der Waals surface area contributed by atoms with Crippen LogP contribution in [0.5, 0.6) is 11.5 Å². The highest BCUT2D eigenvalue weighted by molar-refractivity contribution is 6.14. The van der Waals surface area contributed by atoms with E-state index in [1.54, 1.807) is 48.5 Å². The average Bonchev–Trinajstić information content (AvgIpc) is 2.93. The molecule has 1 aliphatic rings. The molecule has 0 saturated carbocycles. The van der Waals surface area contributed by atoms with Crippen molar-refractivity contribution in [1.82, 2.24) is 10.6 Å². The van der Waals surface area contributed by atoms with Gasteiger partial charge in [0.15, 0.2) is 11.5 Å². The minimum atomic E-state index is -0.583. The fourth-order valence-electron chi connectivity index (χ4n) is 2.24. The molecule has 7 nitrogen and oxygen atoms in total. The third-order valence-corrected chi connectivity index (χ3v) is 3.43. The zero-order valence-corrected chi connectivity index (χ0v) is 13.2. The number of nitrogens with one attached hydrogen (secondary N) is 2. The Balaban J connectivity index is 1.88. The zero-order valence-electron chi connectivity index (χ0n) is 13.2. The first-order chi connectivity index (χ1) is 12.1. The van der Waals surface area contributed by atoms with Crippen LogP contribution in [0.1, 0.15) is 15.9 Å². The molecule has 0 unspecified atom stereocenters. The van der Waals surface area contributed by atoms with Crippen molar-refractivity contribution in [1.29, 1.82) is 0 Å². The lowest BCUT2D eigenvalue weighted by Crippen LogP contribution is -2.22. The summed E-state index contributed by atoms with van der Waals surface area (Å²) < 4.78 is 10.6. The Kier molecular flexibility index (Phi) is 4.47. The first kappa shape index (κ1) is 16.3. The van der Waals surface area contributed by atoms with E-state index in [0.29, 0.717) is 16.9 Å². The van der Waals surface area contributed by atoms with E-state index in [9.17, 15) is 14.4 Å². The minimum Gasteiger partial charge on any atom is -0.493 e. The molecule has 2 aromatic carbocycles. The van der Waals surface area contributed by atoms with Gasteiger partial charge in [0, 0.05) is 0 Å². The quantitative estimate of drug-likeness (QED) is 0.385. The van der Waals surface area contributed by atoms with Gasteiger partial charge in [-0.15, -0.1) is 0 Å². The van der Waals surface area contributed by atoms with Crippen molar-refractivity contribution in [2.75, 3.05) is 7.11 Å². The van der Waals surface area contributed by atoms with Crippen LogP contribution in [0, 0.1) is 0 Å². The predicted octanol–water partition coefficient (Wildman–Crippen LogP) is 2.09. The van der Waals surface area contributed by atoms with Crippen LogP contribution in [0.3, 0.4) is 0 Å². The van der Waals surface area contributed by atoms with E-state index < -0.39 is 17.9 Å². The van der Waals surface area contributed by atoms with Crippen LogP contribution >= 0.6 is 0 Å². The number of carbonyl (C=O) groups is 3. The Morgan fingerprint density at radius 1 is 1.00 bits per heavy atom. The van der Waals surface area contributed by atoms with E-state index >= 15 is 0 Å². The van der Waals surface area contributed by atoms with Crippen LogP contribution in [0.4, 0.5) is 4.79 Å². The standard InChI is InChI=1S/C18H14N2O5/c1-24-14-8-7-11(9-13-16(21)20-18(23)19-13)10-15(14)25-17(22)12-5-3-2-4-6-12/h2-10H,1H3,(H2,19,20,21,23). The molecule has 0 bridgehead atoms. The molecule has 2 N–H and O–H groups in total. The molecule has 0 radical (unpaired) electrons. The Hall–Kier alpha value is -3.61. The SMILES string of the molecule is COc1ccc(C=C2NC(=O)NC2=O)cc1OC(=O)c1ccccc1. The van der Waals surface area contributed by atoms with Gasteiger partial charge in [-0.25, -0.2) is 9.59 Å². The number of carbonyl (C=O) groups excluding carboxylic acids is 3. The van der Waals surface area contributed by atoms with Gasteiger partial charge in [-0.3, -0.25) is 10.1 Å². The largest absolute Gasteiger partial charge is 0.493 e. The lowest BCUT2D eigenvalue weighted by atomic mass is 10.1. The summed E-state index contributed by atoms with van der Waals surface area (Å²) >= 11 is 0. The number of urea groups is 1. The highest BCUT2D eigenvalue weighted by Crippen LogP contribution is 2.29. The van der Waals surface area contributed by atoms with Crippen molar-refractivity contribution in [2.45, 2.75) is 0 Å². The molecule has 0 aliphatic carbocycles. The molecule has 7 heteroatoms. The van der Waals surface area contributed by atoms with Gasteiger partial charge in [-0.05, 0) is 35.9 Å². The second kappa shape index (κ2) is 6.88. The van der Waals surface area contributed by atoms with Crippen molar-refractivity contribution in [3.8, 4) is 11.5 Å². The Labute approximate surface area is 143 Å². The second-order valence-electron chi connectivity index (χ2n) is 5.13. The maximum Gasteiger partial charge on any atom is 0.343 e. The number of methoxy groups -OCH3 is 1. The summed E-state index contributed by atoms with van der Waals surface area (Å²) in [5.74, 6) is -0.485. The molecule has 126 valence electrons. The zero-order chi connectivity index (χ0) is 17.8. The summed E-state index contributed by atoms with van der Waals surface area (Å²) in [5.41, 5.74) is 1.07. The molecule has 1 aliphatic heterocycles. The van der Waals surface area contributed by atoms with Crippen LogP contribution in [0.2, 0.25) is 0 Å². The van der Waals surface area contributed by atoms with Crippen LogP contribution in [-0.4, -0.2) is 25.0 Å². The number of benzene rings is 2. The fraction of sp³-hybridized carbons (Fsp3) is 0.0556. The van der Waals surface area contributed by atoms with Gasteiger partial charge in [-0.1, -0.05) is 24.3 Å². The summed E-state index contributed by atoms with van der Waals surface area (Å²) in [4.78, 5) is 35.0. The lowest BCUT2D eigenvalue weighted by Gasteiger charge is -2.10. The van der Waals surface area contributed by atoms with Gasteiger partial charge in [-0.2, -0.15) is 0 Å². The summed E-state index contributed by atoms with van der Waals surface area (Å²) in [5, 5.41) is 4.50. The Bertz CT molecular complexity index is 874. The van der Waals surface area contributed by atoms with Gasteiger partial charge in [0.25, 0.3) is 5.91 Å². The van der Waals surface area contributed by atoms with E-state index in [1.165, 1.54) is 13.2 Å². The molecule has 1 fully saturated rings. The van der Waals surface area contributed by atoms with Crippen LogP contribution in [-0.2, 0) is 4.79 Å². The second-order valence-corrected chi connectivity index (χ2v) is 5.13. The minimum absolute atomic E-state index is 0.107. The van der Waals surface area contributed by atoms with Crippen molar-refractivity contribution < 1.29 is 23.9 Å². The van der Waals surface area contributed by atoms with E-state index in [2.05, 4.69) is 10.6 Å². The molecule has 25 heavy (non-hydrogen) atoms. The normalized spacial score (nSPS) is 14.8. The third kappa shape index (κ3) is 3.66. The smallest absolute Gasteiger partial charge is 0.343 e. The summed E-state index contributed by atoms with van der Waals surface area (Å²) in [6, 6.07) is 12.8. The molecular weight excluding hydrogens is 324 g/mol.